The van der Waals surface area contributed by atoms with Crippen molar-refractivity contribution in [1.29, 1.82) is 0 Å². The zero-order valence-electron chi connectivity index (χ0n) is 18.1. The van der Waals surface area contributed by atoms with E-state index in [1.54, 1.807) is 13.4 Å². The number of hydrogen-bond donors (Lipinski definition) is 2. The van der Waals surface area contributed by atoms with Crippen LogP contribution >= 0.6 is 0 Å². The van der Waals surface area contributed by atoms with E-state index in [-0.39, 0.29) is 6.10 Å². The van der Waals surface area contributed by atoms with Crippen LogP contribution in [-0.2, 0) is 16.2 Å². The fraction of sp³-hybridized carbons (Fsp3) is 0.591. The van der Waals surface area contributed by atoms with Crippen molar-refractivity contribution in [2.45, 2.75) is 70.2 Å². The van der Waals surface area contributed by atoms with Crippen LogP contribution < -0.4 is 5.32 Å². The minimum absolute atomic E-state index is 0.159. The molecule has 0 spiro atoms. The largest absolute Gasteiger partial charge is 0.504 e. The molecule has 29 heavy (non-hydrogen) atoms. The second-order valence-electron chi connectivity index (χ2n) is 9.15. The van der Waals surface area contributed by atoms with E-state index in [1.165, 1.54) is 0 Å². The summed E-state index contributed by atoms with van der Waals surface area (Å²) in [5.74, 6) is 0. The van der Waals surface area contributed by atoms with E-state index in [9.17, 15) is 5.11 Å². The molecule has 1 saturated carbocycles. The van der Waals surface area contributed by atoms with Gasteiger partial charge in [0.1, 0.15) is 12.4 Å². The number of hydrogen-bond acceptors (Lipinski definition) is 5. The minimum atomic E-state index is -1.09. The lowest BCUT2D eigenvalue weighted by atomic mass is 9.92. The summed E-state index contributed by atoms with van der Waals surface area (Å²) in [5, 5.41) is 14.6. The molecule has 2 aromatic rings. The fourth-order valence-corrected chi connectivity index (χ4v) is 4.41. The lowest BCUT2D eigenvalue weighted by Gasteiger charge is -2.28. The molecule has 0 unspecified atom stereocenters. The molecule has 3 rings (SSSR count). The van der Waals surface area contributed by atoms with E-state index in [0.717, 1.165) is 60.6 Å². The van der Waals surface area contributed by atoms with E-state index in [2.05, 4.69) is 35.6 Å². The van der Waals surface area contributed by atoms with Gasteiger partial charge >= 0.3 is 0 Å². The van der Waals surface area contributed by atoms with Gasteiger partial charge < -0.3 is 24.5 Å². The Balaban J connectivity index is 1.80. The summed E-state index contributed by atoms with van der Waals surface area (Å²) in [6.07, 6.45) is 11.0. The van der Waals surface area contributed by atoms with Crippen LogP contribution in [0.2, 0.25) is 25.7 Å². The van der Waals surface area contributed by atoms with Gasteiger partial charge in [-0.2, -0.15) is 0 Å². The van der Waals surface area contributed by atoms with E-state index in [4.69, 9.17) is 14.5 Å². The summed E-state index contributed by atoms with van der Waals surface area (Å²) in [4.78, 5) is 4.69. The molecular weight excluding hydrogens is 382 g/mol. The maximum absolute atomic E-state index is 9.81. The van der Waals surface area contributed by atoms with Gasteiger partial charge in [-0.3, -0.25) is 0 Å². The summed E-state index contributed by atoms with van der Waals surface area (Å²) in [6, 6.07) is 3.62. The number of methoxy groups -OCH3 is 1. The van der Waals surface area contributed by atoms with Gasteiger partial charge in [0.2, 0.25) is 0 Å². The molecular formula is C22H35N3O3Si. The maximum Gasteiger partial charge on any atom is 0.143 e. The van der Waals surface area contributed by atoms with Gasteiger partial charge in [-0.25, -0.2) is 4.98 Å². The first-order chi connectivity index (χ1) is 13.9. The van der Waals surface area contributed by atoms with Gasteiger partial charge in [-0.1, -0.05) is 19.6 Å². The SMILES string of the molecule is CO/C=C/c1cnc2c(ccn2COCC[Si](C)(C)C)c1NC1CCC(O)CC1. The Labute approximate surface area is 174 Å². The number of pyridine rings is 1. The number of aromatic nitrogens is 2. The summed E-state index contributed by atoms with van der Waals surface area (Å²) in [6.45, 7) is 8.39. The van der Waals surface area contributed by atoms with Gasteiger partial charge in [-0.05, 0) is 43.9 Å². The Hall–Kier alpha value is -1.83. The van der Waals surface area contributed by atoms with Crippen molar-refractivity contribution in [2.24, 2.45) is 0 Å². The number of aliphatic hydroxyl groups excluding tert-OH is 1. The first-order valence-electron chi connectivity index (χ1n) is 10.6. The Morgan fingerprint density at radius 3 is 2.72 bits per heavy atom. The molecule has 0 aliphatic heterocycles. The Morgan fingerprint density at radius 2 is 2.03 bits per heavy atom. The van der Waals surface area contributed by atoms with Crippen LogP contribution in [-0.4, -0.2) is 48.6 Å². The number of anilines is 1. The van der Waals surface area contributed by atoms with Crippen molar-refractivity contribution < 1.29 is 14.6 Å². The van der Waals surface area contributed by atoms with Crippen molar-refractivity contribution in [3.05, 3.63) is 30.3 Å². The molecule has 160 valence electrons. The molecule has 0 radical (unpaired) electrons. The van der Waals surface area contributed by atoms with E-state index in [1.807, 2.05) is 18.5 Å². The first kappa shape index (κ1) is 21.9. The minimum Gasteiger partial charge on any atom is -0.504 e. The highest BCUT2D eigenvalue weighted by Gasteiger charge is 2.21. The van der Waals surface area contributed by atoms with E-state index in [0.29, 0.717) is 12.8 Å². The zero-order valence-corrected chi connectivity index (χ0v) is 19.1. The monoisotopic (exact) mass is 417 g/mol. The third-order valence-corrected chi connectivity index (χ3v) is 7.18. The number of aliphatic hydroxyl groups is 1. The number of ether oxygens (including phenoxy) is 2. The second-order valence-corrected chi connectivity index (χ2v) is 14.8. The normalized spacial score (nSPS) is 20.4. The highest BCUT2D eigenvalue weighted by molar-refractivity contribution is 6.76. The van der Waals surface area contributed by atoms with Crippen LogP contribution in [0.3, 0.4) is 0 Å². The van der Waals surface area contributed by atoms with Crippen molar-refractivity contribution in [3.8, 4) is 0 Å². The standard InChI is InChI=1S/C22H35N3O3Si/c1-27-12-10-17-15-23-22-20(21(17)24-18-5-7-19(26)8-6-18)9-11-25(22)16-28-13-14-29(2,3)4/h9-12,15,18-19,26H,5-8,13-14,16H2,1-4H3,(H,23,24)/b12-10+. The molecule has 2 heterocycles. The topological polar surface area (TPSA) is 68.5 Å². The van der Waals surface area contributed by atoms with Crippen LogP contribution in [0.5, 0.6) is 0 Å². The third kappa shape index (κ3) is 6.07. The molecule has 0 atom stereocenters. The number of rotatable bonds is 9. The predicted octanol–water partition coefficient (Wildman–Crippen LogP) is 4.68. The molecule has 1 aliphatic rings. The van der Waals surface area contributed by atoms with Gasteiger partial charge in [0.15, 0.2) is 0 Å². The van der Waals surface area contributed by atoms with Gasteiger partial charge in [-0.15, -0.1) is 0 Å². The quantitative estimate of drug-likeness (QED) is 0.352. The fourth-order valence-electron chi connectivity index (χ4n) is 3.65. The molecule has 1 aliphatic carbocycles. The highest BCUT2D eigenvalue weighted by atomic mass is 28.3. The lowest BCUT2D eigenvalue weighted by Crippen LogP contribution is -2.28. The molecule has 2 aromatic heterocycles. The Bertz CT molecular complexity index is 821. The highest BCUT2D eigenvalue weighted by Crippen LogP contribution is 2.31. The molecule has 0 bridgehead atoms. The van der Waals surface area contributed by atoms with Gasteiger partial charge in [0.25, 0.3) is 0 Å². The number of fused-ring (bicyclic) bond motifs is 1. The zero-order chi connectivity index (χ0) is 20.9. The van der Waals surface area contributed by atoms with Crippen LogP contribution in [0.1, 0.15) is 31.2 Å². The Kier molecular flexibility index (Phi) is 7.37. The molecule has 6 nitrogen and oxygen atoms in total. The molecule has 0 amide bonds. The van der Waals surface area contributed by atoms with Gasteiger partial charge in [0.05, 0.1) is 25.2 Å². The summed E-state index contributed by atoms with van der Waals surface area (Å²) in [7, 11) is 0.556. The van der Waals surface area contributed by atoms with Crippen molar-refractivity contribution in [2.75, 3.05) is 19.0 Å². The van der Waals surface area contributed by atoms with Crippen LogP contribution in [0, 0.1) is 0 Å². The van der Waals surface area contributed by atoms with Gasteiger partial charge in [0, 0.05) is 44.1 Å². The molecule has 0 saturated heterocycles. The smallest absolute Gasteiger partial charge is 0.143 e. The molecule has 1 fully saturated rings. The summed E-state index contributed by atoms with van der Waals surface area (Å²) in [5.41, 5.74) is 3.00. The second kappa shape index (κ2) is 9.78. The maximum atomic E-state index is 9.81. The van der Waals surface area contributed by atoms with E-state index < -0.39 is 8.07 Å². The lowest BCUT2D eigenvalue weighted by molar-refractivity contribution is 0.0899. The van der Waals surface area contributed by atoms with E-state index >= 15 is 0 Å². The third-order valence-electron chi connectivity index (χ3n) is 5.47. The summed E-state index contributed by atoms with van der Waals surface area (Å²) >= 11 is 0. The van der Waals surface area contributed by atoms with Crippen LogP contribution in [0.4, 0.5) is 5.69 Å². The molecule has 0 aromatic carbocycles. The first-order valence-corrected chi connectivity index (χ1v) is 14.3. The van der Waals surface area contributed by atoms with Crippen molar-refractivity contribution in [1.82, 2.24) is 9.55 Å². The molecule has 2 N–H and O–H groups in total. The van der Waals surface area contributed by atoms with Crippen molar-refractivity contribution >= 4 is 30.9 Å². The predicted molar refractivity (Wildman–Crippen MR) is 122 cm³/mol. The Morgan fingerprint density at radius 1 is 1.28 bits per heavy atom. The average molecular weight is 418 g/mol. The van der Waals surface area contributed by atoms with Crippen LogP contribution in [0.15, 0.2) is 24.7 Å². The summed E-state index contributed by atoms with van der Waals surface area (Å²) < 4.78 is 13.1. The molecule has 7 heteroatoms. The number of nitrogens with zero attached hydrogens (tertiary/aromatic N) is 2. The van der Waals surface area contributed by atoms with Crippen LogP contribution in [0.25, 0.3) is 17.1 Å². The van der Waals surface area contributed by atoms with Crippen molar-refractivity contribution in [3.63, 3.8) is 0 Å². The average Bonchev–Trinajstić information content (AvgIpc) is 3.09. The number of nitrogens with one attached hydrogen (secondary N) is 1.